The van der Waals surface area contributed by atoms with Gasteiger partial charge in [-0.3, -0.25) is 0 Å². The second-order valence-electron chi connectivity index (χ2n) is 5.27. The highest BCUT2D eigenvalue weighted by Crippen LogP contribution is 2.39. The van der Waals surface area contributed by atoms with E-state index in [-0.39, 0.29) is 0 Å². The minimum absolute atomic E-state index is 0.410. The van der Waals surface area contributed by atoms with E-state index >= 15 is 0 Å². The van der Waals surface area contributed by atoms with Gasteiger partial charge in [0.05, 0.1) is 0 Å². The lowest BCUT2D eigenvalue weighted by Crippen LogP contribution is -2.34. The van der Waals surface area contributed by atoms with Crippen LogP contribution in [0.3, 0.4) is 0 Å². The first kappa shape index (κ1) is 13.4. The molecule has 1 aliphatic heterocycles. The van der Waals surface area contributed by atoms with Crippen LogP contribution in [-0.4, -0.2) is 5.17 Å². The molecule has 0 atom stereocenters. The minimum Gasteiger partial charge on any atom is -0.460 e. The van der Waals surface area contributed by atoms with Gasteiger partial charge in [0.1, 0.15) is 5.60 Å². The molecule has 3 rings (SSSR count). The molecule has 0 aromatic heterocycles. The lowest BCUT2D eigenvalue weighted by atomic mass is 9.91. The SMILES string of the molecule is CC1(C)OC(=S)Nc2ccc(-c3ccccc3Cl)cc21. The van der Waals surface area contributed by atoms with Gasteiger partial charge in [-0.15, -0.1) is 0 Å². The highest BCUT2D eigenvalue weighted by molar-refractivity contribution is 7.80. The smallest absolute Gasteiger partial charge is 0.262 e. The standard InChI is InChI=1S/C16H14ClNOS/c1-16(2)12-9-10(11-5-3-4-6-13(11)17)7-8-14(12)18-15(20)19-16/h3-9H,1-2H3,(H,18,20). The monoisotopic (exact) mass is 303 g/mol. The molecule has 20 heavy (non-hydrogen) atoms. The Morgan fingerprint density at radius 3 is 2.65 bits per heavy atom. The number of anilines is 1. The van der Waals surface area contributed by atoms with Crippen molar-refractivity contribution in [1.29, 1.82) is 0 Å². The molecular weight excluding hydrogens is 290 g/mol. The molecule has 1 aliphatic rings. The molecule has 0 aliphatic carbocycles. The molecule has 0 spiro atoms. The Bertz CT molecular complexity index is 697. The summed E-state index contributed by atoms with van der Waals surface area (Å²) in [6, 6.07) is 14.0. The minimum atomic E-state index is -0.449. The molecule has 1 heterocycles. The Kier molecular flexibility index (Phi) is 3.19. The maximum atomic E-state index is 6.27. The number of fused-ring (bicyclic) bond motifs is 1. The van der Waals surface area contributed by atoms with Crippen LogP contribution in [0, 0.1) is 0 Å². The van der Waals surface area contributed by atoms with E-state index in [0.717, 1.165) is 27.4 Å². The van der Waals surface area contributed by atoms with Gasteiger partial charge in [0.15, 0.2) is 0 Å². The third-order valence-electron chi connectivity index (χ3n) is 3.44. The van der Waals surface area contributed by atoms with Crippen molar-refractivity contribution < 1.29 is 4.74 Å². The predicted octanol–water partition coefficient (Wildman–Crippen LogP) is 4.97. The Morgan fingerprint density at radius 1 is 1.15 bits per heavy atom. The van der Waals surface area contributed by atoms with Gasteiger partial charge >= 0.3 is 0 Å². The fourth-order valence-electron chi connectivity index (χ4n) is 2.44. The van der Waals surface area contributed by atoms with Crippen LogP contribution >= 0.6 is 23.8 Å². The lowest BCUT2D eigenvalue weighted by Gasteiger charge is -2.34. The first-order valence-corrected chi connectivity index (χ1v) is 7.15. The summed E-state index contributed by atoms with van der Waals surface area (Å²) in [4.78, 5) is 0. The normalized spacial score (nSPS) is 16.1. The second-order valence-corrected chi connectivity index (χ2v) is 6.04. The van der Waals surface area contributed by atoms with Crippen LogP contribution in [0.15, 0.2) is 42.5 Å². The van der Waals surface area contributed by atoms with Crippen molar-refractivity contribution in [1.82, 2.24) is 0 Å². The average molecular weight is 304 g/mol. The van der Waals surface area contributed by atoms with E-state index in [1.165, 1.54) is 0 Å². The number of rotatable bonds is 1. The van der Waals surface area contributed by atoms with Crippen molar-refractivity contribution in [2.24, 2.45) is 0 Å². The van der Waals surface area contributed by atoms with Gasteiger partial charge in [-0.25, -0.2) is 0 Å². The number of hydrogen-bond acceptors (Lipinski definition) is 2. The number of thiocarbonyl (C=S) groups is 1. The van der Waals surface area contributed by atoms with Gasteiger partial charge in [0.2, 0.25) is 0 Å². The predicted molar refractivity (Wildman–Crippen MR) is 87.2 cm³/mol. The molecule has 0 bridgehead atoms. The third-order valence-corrected chi connectivity index (χ3v) is 3.95. The summed E-state index contributed by atoms with van der Waals surface area (Å²) >= 11 is 11.4. The highest BCUT2D eigenvalue weighted by Gasteiger charge is 2.31. The number of ether oxygens (including phenoxy) is 1. The van der Waals surface area contributed by atoms with E-state index in [1.807, 2.05) is 50.2 Å². The first-order valence-electron chi connectivity index (χ1n) is 6.37. The zero-order chi connectivity index (χ0) is 14.3. The van der Waals surface area contributed by atoms with Gasteiger partial charge < -0.3 is 10.1 Å². The van der Waals surface area contributed by atoms with E-state index < -0.39 is 5.60 Å². The van der Waals surface area contributed by atoms with Crippen molar-refractivity contribution in [2.75, 3.05) is 5.32 Å². The Labute approximate surface area is 128 Å². The summed E-state index contributed by atoms with van der Waals surface area (Å²) < 4.78 is 5.71. The van der Waals surface area contributed by atoms with Gasteiger partial charge in [-0.2, -0.15) is 0 Å². The molecule has 4 heteroatoms. The molecule has 0 saturated heterocycles. The van der Waals surface area contributed by atoms with Crippen LogP contribution in [0.25, 0.3) is 11.1 Å². The topological polar surface area (TPSA) is 21.3 Å². The summed E-state index contributed by atoms with van der Waals surface area (Å²) in [5.41, 5.74) is 3.70. The van der Waals surface area contributed by atoms with Crippen molar-refractivity contribution >= 4 is 34.7 Å². The second kappa shape index (κ2) is 4.76. The van der Waals surface area contributed by atoms with Gasteiger partial charge in [0.25, 0.3) is 5.17 Å². The number of halogens is 1. The van der Waals surface area contributed by atoms with Crippen molar-refractivity contribution in [2.45, 2.75) is 19.4 Å². The van der Waals surface area contributed by atoms with Crippen LogP contribution in [0.2, 0.25) is 5.02 Å². The number of benzene rings is 2. The van der Waals surface area contributed by atoms with E-state index in [1.54, 1.807) is 0 Å². The van der Waals surface area contributed by atoms with Crippen LogP contribution in [0.1, 0.15) is 19.4 Å². The summed E-state index contributed by atoms with van der Waals surface area (Å²) in [6.45, 7) is 4.02. The highest BCUT2D eigenvalue weighted by atomic mass is 35.5. The molecule has 102 valence electrons. The van der Waals surface area contributed by atoms with Crippen LogP contribution in [0.5, 0.6) is 0 Å². The Hall–Kier alpha value is -1.58. The molecule has 1 N–H and O–H groups in total. The largest absolute Gasteiger partial charge is 0.460 e. The molecule has 0 amide bonds. The van der Waals surface area contributed by atoms with Crippen molar-refractivity contribution in [3.63, 3.8) is 0 Å². The van der Waals surface area contributed by atoms with E-state index in [4.69, 9.17) is 28.6 Å². The lowest BCUT2D eigenvalue weighted by molar-refractivity contribution is 0.0947. The average Bonchev–Trinajstić information content (AvgIpc) is 2.38. The molecule has 0 fully saturated rings. The molecule has 2 aromatic carbocycles. The van der Waals surface area contributed by atoms with E-state index in [0.29, 0.717) is 5.17 Å². The quantitative estimate of drug-likeness (QED) is 0.752. The summed E-state index contributed by atoms with van der Waals surface area (Å²) in [6.07, 6.45) is 0. The van der Waals surface area contributed by atoms with Crippen molar-refractivity contribution in [3.8, 4) is 11.1 Å². The molecule has 2 aromatic rings. The van der Waals surface area contributed by atoms with Crippen LogP contribution in [-0.2, 0) is 10.3 Å². The number of nitrogens with one attached hydrogen (secondary N) is 1. The van der Waals surface area contributed by atoms with Crippen molar-refractivity contribution in [3.05, 3.63) is 53.1 Å². The third kappa shape index (κ3) is 2.28. The van der Waals surface area contributed by atoms with E-state index in [2.05, 4.69) is 11.4 Å². The number of hydrogen-bond donors (Lipinski definition) is 1. The van der Waals surface area contributed by atoms with Gasteiger partial charge in [0, 0.05) is 21.8 Å². The first-order chi connectivity index (χ1) is 9.47. The molecule has 0 saturated carbocycles. The van der Waals surface area contributed by atoms with Gasteiger partial charge in [-0.05, 0) is 49.8 Å². The summed E-state index contributed by atoms with van der Waals surface area (Å²) in [5.74, 6) is 0. The Morgan fingerprint density at radius 2 is 1.90 bits per heavy atom. The van der Waals surface area contributed by atoms with Crippen LogP contribution < -0.4 is 5.32 Å². The Balaban J connectivity index is 2.15. The molecule has 0 unspecified atom stereocenters. The summed E-state index contributed by atoms with van der Waals surface area (Å²) in [5, 5.41) is 4.24. The van der Waals surface area contributed by atoms with E-state index in [9.17, 15) is 0 Å². The van der Waals surface area contributed by atoms with Gasteiger partial charge in [-0.1, -0.05) is 35.9 Å². The maximum Gasteiger partial charge on any atom is 0.262 e. The molecule has 0 radical (unpaired) electrons. The fourth-order valence-corrected chi connectivity index (χ4v) is 3.00. The van der Waals surface area contributed by atoms with Crippen LogP contribution in [0.4, 0.5) is 5.69 Å². The maximum absolute atomic E-state index is 6.27. The molecule has 2 nitrogen and oxygen atoms in total. The molecular formula is C16H14ClNOS. The zero-order valence-corrected chi connectivity index (χ0v) is 12.8. The summed E-state index contributed by atoms with van der Waals surface area (Å²) in [7, 11) is 0. The fraction of sp³-hybridized carbons (Fsp3) is 0.188. The zero-order valence-electron chi connectivity index (χ0n) is 11.2.